The van der Waals surface area contributed by atoms with Gasteiger partial charge in [0.1, 0.15) is 17.2 Å². The molecule has 1 aromatic heterocycles. The van der Waals surface area contributed by atoms with Crippen LogP contribution < -0.4 is 11.1 Å². The van der Waals surface area contributed by atoms with Crippen molar-refractivity contribution >= 4 is 11.7 Å². The molecule has 1 amide bonds. The number of benzene rings is 2. The molecule has 4 atom stereocenters. The number of nitrogens with zero attached hydrogens (tertiary/aromatic N) is 3. The zero-order chi connectivity index (χ0) is 22.6. The molecule has 5 aliphatic rings. The SMILES string of the molecule is CN1CC2(c3ccc(-c4nc(-c5cc6c(cc5F)C(=O)NCC6)c(N)nc4F)cc3)C3C1[C@H]32. The fourth-order valence-electron chi connectivity index (χ4n) is 6.41. The Labute approximate surface area is 188 Å². The topological polar surface area (TPSA) is 84.1 Å². The molecule has 2 aromatic carbocycles. The number of nitrogens with two attached hydrogens (primary N) is 1. The summed E-state index contributed by atoms with van der Waals surface area (Å²) >= 11 is 0. The number of halogens is 2. The number of nitrogens with one attached hydrogen (secondary N) is 1. The minimum absolute atomic E-state index is 0.0282. The van der Waals surface area contributed by atoms with Crippen LogP contribution in [-0.2, 0) is 11.8 Å². The van der Waals surface area contributed by atoms with E-state index in [1.807, 2.05) is 24.3 Å². The fraction of sp³-hybridized carbons (Fsp3) is 0.320. The molecule has 6 nitrogen and oxygen atoms in total. The molecule has 3 unspecified atom stereocenters. The molecule has 3 aromatic rings. The van der Waals surface area contributed by atoms with Crippen LogP contribution in [0.5, 0.6) is 0 Å². The van der Waals surface area contributed by atoms with Gasteiger partial charge in [0.05, 0.1) is 0 Å². The van der Waals surface area contributed by atoms with E-state index in [2.05, 4.69) is 27.2 Å². The second kappa shape index (κ2) is 6.14. The fourth-order valence-corrected chi connectivity index (χ4v) is 6.41. The van der Waals surface area contributed by atoms with Gasteiger partial charge in [-0.25, -0.2) is 9.37 Å². The van der Waals surface area contributed by atoms with Gasteiger partial charge >= 0.3 is 0 Å². The number of amides is 1. The van der Waals surface area contributed by atoms with Crippen molar-refractivity contribution in [1.82, 2.24) is 20.2 Å². The predicted molar refractivity (Wildman–Crippen MR) is 118 cm³/mol. The molecule has 3 aliphatic heterocycles. The average Bonchev–Trinajstić information content (AvgIpc) is 3.63. The number of carbonyl (C=O) groups excluding carboxylic acids is 1. The van der Waals surface area contributed by atoms with E-state index in [1.54, 1.807) is 6.07 Å². The summed E-state index contributed by atoms with van der Waals surface area (Å²) in [4.78, 5) is 22.7. The number of aromatic nitrogens is 2. The number of fused-ring (bicyclic) bond motifs is 2. The number of hydrogen-bond donors (Lipinski definition) is 2. The number of anilines is 1. The Kier molecular flexibility index (Phi) is 3.55. The average molecular weight is 445 g/mol. The van der Waals surface area contributed by atoms with Crippen molar-refractivity contribution in [2.24, 2.45) is 11.8 Å². The molecular weight excluding hydrogens is 424 g/mol. The van der Waals surface area contributed by atoms with Crippen molar-refractivity contribution in [2.75, 3.05) is 25.9 Å². The zero-order valence-corrected chi connectivity index (χ0v) is 17.9. The first kappa shape index (κ1) is 19.1. The Morgan fingerprint density at radius 3 is 2.55 bits per heavy atom. The molecule has 0 spiro atoms. The highest BCUT2D eigenvalue weighted by molar-refractivity contribution is 5.97. The molecule has 2 saturated carbocycles. The molecular formula is C25H21F2N5O. The molecule has 166 valence electrons. The van der Waals surface area contributed by atoms with Crippen LogP contribution in [0.4, 0.5) is 14.6 Å². The third-order valence-corrected chi connectivity index (χ3v) is 8.03. The Bertz CT molecular complexity index is 1360. The molecule has 8 heteroatoms. The summed E-state index contributed by atoms with van der Waals surface area (Å²) in [7, 11) is 2.17. The lowest BCUT2D eigenvalue weighted by Crippen LogP contribution is -2.32. The van der Waals surface area contributed by atoms with Gasteiger partial charge in [0.25, 0.3) is 5.91 Å². The van der Waals surface area contributed by atoms with E-state index < -0.39 is 11.8 Å². The third kappa shape index (κ3) is 2.41. The molecule has 4 heterocycles. The first-order valence-electron chi connectivity index (χ1n) is 11.2. The number of piperidine rings is 1. The summed E-state index contributed by atoms with van der Waals surface area (Å²) in [6.45, 7) is 1.54. The van der Waals surface area contributed by atoms with E-state index >= 15 is 0 Å². The number of nitrogen functional groups attached to an aromatic ring is 1. The lowest BCUT2D eigenvalue weighted by Gasteiger charge is -2.18. The Balaban J connectivity index is 1.27. The van der Waals surface area contributed by atoms with Crippen LogP contribution in [0.25, 0.3) is 22.5 Å². The smallest absolute Gasteiger partial charge is 0.251 e. The van der Waals surface area contributed by atoms with Gasteiger partial charge in [0.15, 0.2) is 5.82 Å². The molecule has 33 heavy (non-hydrogen) atoms. The maximum Gasteiger partial charge on any atom is 0.251 e. The van der Waals surface area contributed by atoms with Gasteiger partial charge in [-0.3, -0.25) is 4.79 Å². The van der Waals surface area contributed by atoms with Gasteiger partial charge < -0.3 is 16.0 Å². The first-order valence-corrected chi connectivity index (χ1v) is 11.2. The molecule has 2 bridgehead atoms. The van der Waals surface area contributed by atoms with E-state index in [-0.39, 0.29) is 34.1 Å². The molecule has 2 saturated heterocycles. The number of hydrogen-bond acceptors (Lipinski definition) is 5. The van der Waals surface area contributed by atoms with Crippen LogP contribution >= 0.6 is 0 Å². The highest BCUT2D eigenvalue weighted by Gasteiger charge is 2.89. The van der Waals surface area contributed by atoms with E-state index in [9.17, 15) is 13.6 Å². The second-order valence-electron chi connectivity index (χ2n) is 9.67. The largest absolute Gasteiger partial charge is 0.382 e. The molecule has 4 fully saturated rings. The molecule has 0 radical (unpaired) electrons. The van der Waals surface area contributed by atoms with Gasteiger partial charge in [-0.1, -0.05) is 24.3 Å². The monoisotopic (exact) mass is 445 g/mol. The van der Waals surface area contributed by atoms with Crippen LogP contribution in [0.3, 0.4) is 0 Å². The standard InChI is InChI=1S/C25H21F2N5O/c1-32-10-25(17-18(25)21(17)32)13-4-2-11(3-5-13)19-22(27)31-23(28)20(30-19)15-8-12-6-7-29-24(33)14(12)9-16(15)26/h2-5,8-9,17-18,21H,6-7,10H2,1H3,(H2,28,31)(H,29,33)/t17-,18?,21?,25?/m0/s1. The first-order chi connectivity index (χ1) is 15.9. The van der Waals surface area contributed by atoms with E-state index in [4.69, 9.17) is 5.73 Å². The highest BCUT2D eigenvalue weighted by Crippen LogP contribution is 2.83. The molecule has 8 rings (SSSR count). The molecule has 3 N–H and O–H groups in total. The van der Waals surface area contributed by atoms with Crippen molar-refractivity contribution in [3.63, 3.8) is 0 Å². The van der Waals surface area contributed by atoms with Crippen LogP contribution in [-0.4, -0.2) is 47.0 Å². The van der Waals surface area contributed by atoms with Crippen LogP contribution in [0.1, 0.15) is 21.5 Å². The van der Waals surface area contributed by atoms with Gasteiger partial charge in [0, 0.05) is 41.2 Å². The molecule has 2 aliphatic carbocycles. The summed E-state index contributed by atoms with van der Waals surface area (Å²) in [5, 5.41) is 2.70. The maximum absolute atomic E-state index is 15.0. The minimum Gasteiger partial charge on any atom is -0.382 e. The number of carbonyl (C=O) groups is 1. The summed E-state index contributed by atoms with van der Waals surface area (Å²) in [5.74, 6) is -0.414. The Morgan fingerprint density at radius 1 is 1.09 bits per heavy atom. The van der Waals surface area contributed by atoms with Crippen molar-refractivity contribution in [2.45, 2.75) is 17.9 Å². The normalized spacial score (nSPS) is 28.8. The van der Waals surface area contributed by atoms with Crippen LogP contribution in [0, 0.1) is 23.6 Å². The van der Waals surface area contributed by atoms with Crippen LogP contribution in [0.15, 0.2) is 36.4 Å². The lowest BCUT2D eigenvalue weighted by atomic mass is 9.87. The summed E-state index contributed by atoms with van der Waals surface area (Å²) in [5.41, 5.74) is 9.29. The lowest BCUT2D eigenvalue weighted by molar-refractivity contribution is 0.0945. The summed E-state index contributed by atoms with van der Waals surface area (Å²) < 4.78 is 29.7. The van der Waals surface area contributed by atoms with E-state index in [0.29, 0.717) is 29.7 Å². The van der Waals surface area contributed by atoms with Gasteiger partial charge in [-0.05, 0) is 48.6 Å². The van der Waals surface area contributed by atoms with Gasteiger partial charge in [0.2, 0.25) is 5.95 Å². The van der Waals surface area contributed by atoms with Crippen molar-refractivity contribution in [1.29, 1.82) is 0 Å². The Hall–Kier alpha value is -3.39. The number of rotatable bonds is 3. The quantitative estimate of drug-likeness (QED) is 0.648. The van der Waals surface area contributed by atoms with E-state index in [1.165, 1.54) is 11.6 Å². The third-order valence-electron chi connectivity index (χ3n) is 8.03. The van der Waals surface area contributed by atoms with E-state index in [0.717, 1.165) is 24.4 Å². The minimum atomic E-state index is -0.796. The summed E-state index contributed by atoms with van der Waals surface area (Å²) in [6, 6.07) is 11.3. The zero-order valence-electron chi connectivity index (χ0n) is 17.9. The predicted octanol–water partition coefficient (Wildman–Crippen LogP) is 2.77. The van der Waals surface area contributed by atoms with Gasteiger partial charge in [-0.2, -0.15) is 9.37 Å². The highest BCUT2D eigenvalue weighted by atomic mass is 19.1. The van der Waals surface area contributed by atoms with Crippen molar-refractivity contribution in [3.05, 3.63) is 64.9 Å². The second-order valence-corrected chi connectivity index (χ2v) is 9.67. The van der Waals surface area contributed by atoms with Gasteiger partial charge in [-0.15, -0.1) is 0 Å². The summed E-state index contributed by atoms with van der Waals surface area (Å²) in [6.07, 6.45) is 0.566. The maximum atomic E-state index is 15.0. The van der Waals surface area contributed by atoms with Crippen LogP contribution in [0.2, 0.25) is 0 Å². The van der Waals surface area contributed by atoms with Crippen molar-refractivity contribution in [3.8, 4) is 22.5 Å². The Morgan fingerprint density at radius 2 is 1.85 bits per heavy atom. The number of likely N-dealkylation sites (N-methyl/N-ethyl adjacent to an activating group) is 1. The van der Waals surface area contributed by atoms with Crippen molar-refractivity contribution < 1.29 is 13.6 Å².